The van der Waals surface area contributed by atoms with Crippen molar-refractivity contribution in [3.8, 4) is 0 Å². The number of aldehydes is 1. The molecular weight excluding hydrogens is 158 g/mol. The van der Waals surface area contributed by atoms with E-state index in [1.807, 2.05) is 0 Å². The molecule has 4 heteroatoms. The van der Waals surface area contributed by atoms with Crippen molar-refractivity contribution >= 4 is 12.4 Å². The van der Waals surface area contributed by atoms with Gasteiger partial charge in [0.15, 0.2) is 0 Å². The number of carboxylic acid groups (broad SMARTS) is 1. The van der Waals surface area contributed by atoms with Gasteiger partial charge in [0, 0.05) is 12.0 Å². The summed E-state index contributed by atoms with van der Waals surface area (Å²) in [7, 11) is 0. The quantitative estimate of drug-likeness (QED) is 0.623. The largest absolute Gasteiger partial charge is 0.465 e. The van der Waals surface area contributed by atoms with Crippen molar-refractivity contribution < 1.29 is 14.7 Å². The number of nitrogens with one attached hydrogen (secondary N) is 1. The highest BCUT2D eigenvalue weighted by Gasteiger charge is 2.33. The molecule has 0 unspecified atom stereocenters. The standard InChI is InChI=1S/C8H13NO3/c10-6-8(3-1-2-4-8)5-9-7(11)12/h6,9H,1-5H2,(H,11,12). The molecule has 0 aliphatic heterocycles. The van der Waals surface area contributed by atoms with Gasteiger partial charge in [0.25, 0.3) is 0 Å². The topological polar surface area (TPSA) is 66.4 Å². The number of rotatable bonds is 3. The van der Waals surface area contributed by atoms with Gasteiger partial charge in [-0.15, -0.1) is 0 Å². The van der Waals surface area contributed by atoms with E-state index >= 15 is 0 Å². The molecule has 0 radical (unpaired) electrons. The Hall–Kier alpha value is -1.06. The monoisotopic (exact) mass is 171 g/mol. The molecule has 0 aromatic carbocycles. The lowest BCUT2D eigenvalue weighted by molar-refractivity contribution is -0.115. The highest BCUT2D eigenvalue weighted by Crippen LogP contribution is 2.35. The van der Waals surface area contributed by atoms with E-state index in [2.05, 4.69) is 5.32 Å². The molecule has 0 aromatic rings. The molecule has 2 N–H and O–H groups in total. The van der Waals surface area contributed by atoms with Gasteiger partial charge in [-0.1, -0.05) is 12.8 Å². The second-order valence-corrected chi connectivity index (χ2v) is 3.35. The Morgan fingerprint density at radius 1 is 1.50 bits per heavy atom. The lowest BCUT2D eigenvalue weighted by atomic mass is 9.88. The van der Waals surface area contributed by atoms with Gasteiger partial charge in [-0.3, -0.25) is 0 Å². The first-order valence-electron chi connectivity index (χ1n) is 4.12. The summed E-state index contributed by atoms with van der Waals surface area (Å²) in [4.78, 5) is 20.9. The van der Waals surface area contributed by atoms with Crippen LogP contribution in [0.15, 0.2) is 0 Å². The molecule has 1 aliphatic carbocycles. The summed E-state index contributed by atoms with van der Waals surface area (Å²) in [6, 6.07) is 0. The second kappa shape index (κ2) is 3.56. The van der Waals surface area contributed by atoms with Gasteiger partial charge in [0.05, 0.1) is 0 Å². The normalized spacial score (nSPS) is 20.3. The highest BCUT2D eigenvalue weighted by molar-refractivity contribution is 5.67. The summed E-state index contributed by atoms with van der Waals surface area (Å²) < 4.78 is 0. The minimum absolute atomic E-state index is 0.270. The number of carbonyl (C=O) groups excluding carboxylic acids is 1. The Bertz CT molecular complexity index is 185. The SMILES string of the molecule is O=CC1(CNC(=O)O)CCCC1. The Morgan fingerprint density at radius 3 is 2.50 bits per heavy atom. The van der Waals surface area contributed by atoms with E-state index in [0.29, 0.717) is 0 Å². The van der Waals surface area contributed by atoms with Crippen LogP contribution in [0.1, 0.15) is 25.7 Å². The van der Waals surface area contributed by atoms with Crippen molar-refractivity contribution in [1.29, 1.82) is 0 Å². The molecule has 1 saturated carbocycles. The molecule has 0 bridgehead atoms. The first-order chi connectivity index (χ1) is 5.68. The maximum Gasteiger partial charge on any atom is 0.404 e. The van der Waals surface area contributed by atoms with E-state index in [1.54, 1.807) is 0 Å². The van der Waals surface area contributed by atoms with Gasteiger partial charge in [0.2, 0.25) is 0 Å². The number of hydrogen-bond donors (Lipinski definition) is 2. The van der Waals surface area contributed by atoms with Crippen molar-refractivity contribution in [1.82, 2.24) is 5.32 Å². The van der Waals surface area contributed by atoms with Crippen LogP contribution < -0.4 is 5.32 Å². The Kier molecular flexibility index (Phi) is 2.68. The van der Waals surface area contributed by atoms with E-state index in [-0.39, 0.29) is 6.54 Å². The van der Waals surface area contributed by atoms with Gasteiger partial charge in [-0.25, -0.2) is 4.79 Å². The molecule has 0 spiro atoms. The highest BCUT2D eigenvalue weighted by atomic mass is 16.4. The lowest BCUT2D eigenvalue weighted by Crippen LogP contribution is -2.36. The molecule has 1 rings (SSSR count). The van der Waals surface area contributed by atoms with Crippen LogP contribution in [0, 0.1) is 5.41 Å². The smallest absolute Gasteiger partial charge is 0.404 e. The number of hydrogen-bond acceptors (Lipinski definition) is 2. The van der Waals surface area contributed by atoms with E-state index in [9.17, 15) is 9.59 Å². The van der Waals surface area contributed by atoms with Crippen molar-refractivity contribution in [3.63, 3.8) is 0 Å². The molecule has 1 amide bonds. The fourth-order valence-electron chi connectivity index (χ4n) is 1.67. The summed E-state index contributed by atoms with van der Waals surface area (Å²) in [6.45, 7) is 0.270. The molecule has 0 atom stereocenters. The summed E-state index contributed by atoms with van der Waals surface area (Å²) in [5.41, 5.74) is -0.404. The molecule has 0 heterocycles. The fourth-order valence-corrected chi connectivity index (χ4v) is 1.67. The van der Waals surface area contributed by atoms with Crippen molar-refractivity contribution in [2.75, 3.05) is 6.54 Å². The molecular formula is C8H13NO3. The Morgan fingerprint density at radius 2 is 2.08 bits per heavy atom. The zero-order chi connectivity index (χ0) is 9.03. The van der Waals surface area contributed by atoms with Crippen LogP contribution >= 0.6 is 0 Å². The molecule has 4 nitrogen and oxygen atoms in total. The first-order valence-corrected chi connectivity index (χ1v) is 4.12. The fraction of sp³-hybridized carbons (Fsp3) is 0.750. The zero-order valence-corrected chi connectivity index (χ0v) is 6.88. The Balaban J connectivity index is 2.44. The first kappa shape index (κ1) is 9.03. The maximum atomic E-state index is 10.7. The number of amides is 1. The summed E-state index contributed by atoms with van der Waals surface area (Å²) >= 11 is 0. The molecule has 1 aliphatic rings. The second-order valence-electron chi connectivity index (χ2n) is 3.35. The predicted molar refractivity (Wildman–Crippen MR) is 43.0 cm³/mol. The molecule has 0 saturated heterocycles. The maximum absolute atomic E-state index is 10.7. The summed E-state index contributed by atoms with van der Waals surface area (Å²) in [5.74, 6) is 0. The average molecular weight is 171 g/mol. The average Bonchev–Trinajstić information content (AvgIpc) is 2.50. The van der Waals surface area contributed by atoms with E-state index in [4.69, 9.17) is 5.11 Å². The van der Waals surface area contributed by atoms with Gasteiger partial charge >= 0.3 is 6.09 Å². The minimum Gasteiger partial charge on any atom is -0.465 e. The van der Waals surface area contributed by atoms with Crippen LogP contribution in [-0.4, -0.2) is 24.0 Å². The number of carbonyl (C=O) groups is 2. The van der Waals surface area contributed by atoms with Crippen LogP contribution in [0.3, 0.4) is 0 Å². The third-order valence-corrected chi connectivity index (χ3v) is 2.44. The predicted octanol–water partition coefficient (Wildman–Crippen LogP) is 1.01. The molecule has 1 fully saturated rings. The van der Waals surface area contributed by atoms with Gasteiger partial charge in [0.1, 0.15) is 6.29 Å². The van der Waals surface area contributed by atoms with Crippen LogP contribution in [0.25, 0.3) is 0 Å². The molecule has 12 heavy (non-hydrogen) atoms. The molecule has 0 aromatic heterocycles. The van der Waals surface area contributed by atoms with Crippen LogP contribution in [0.2, 0.25) is 0 Å². The van der Waals surface area contributed by atoms with Crippen molar-refractivity contribution in [2.24, 2.45) is 5.41 Å². The zero-order valence-electron chi connectivity index (χ0n) is 6.88. The van der Waals surface area contributed by atoms with Crippen LogP contribution in [0.4, 0.5) is 4.79 Å². The summed E-state index contributed by atoms with van der Waals surface area (Å²) in [5, 5.41) is 10.6. The van der Waals surface area contributed by atoms with E-state index < -0.39 is 11.5 Å². The van der Waals surface area contributed by atoms with Crippen molar-refractivity contribution in [2.45, 2.75) is 25.7 Å². The lowest BCUT2D eigenvalue weighted by Gasteiger charge is -2.20. The van der Waals surface area contributed by atoms with E-state index in [1.165, 1.54) is 0 Å². The van der Waals surface area contributed by atoms with Crippen LogP contribution in [0.5, 0.6) is 0 Å². The van der Waals surface area contributed by atoms with Gasteiger partial charge in [-0.05, 0) is 12.8 Å². The molecule has 68 valence electrons. The Labute approximate surface area is 71.0 Å². The van der Waals surface area contributed by atoms with Gasteiger partial charge in [-0.2, -0.15) is 0 Å². The van der Waals surface area contributed by atoms with E-state index in [0.717, 1.165) is 32.0 Å². The van der Waals surface area contributed by atoms with Gasteiger partial charge < -0.3 is 15.2 Å². The van der Waals surface area contributed by atoms with Crippen molar-refractivity contribution in [3.05, 3.63) is 0 Å². The van der Waals surface area contributed by atoms with Crippen LogP contribution in [-0.2, 0) is 4.79 Å². The third-order valence-electron chi connectivity index (χ3n) is 2.44. The minimum atomic E-state index is -1.05. The third kappa shape index (κ3) is 1.96. The summed E-state index contributed by atoms with van der Waals surface area (Å²) in [6.07, 6.45) is 3.53.